The van der Waals surface area contributed by atoms with Crippen molar-refractivity contribution >= 4 is 23.0 Å². The molecule has 3 aromatic rings. The molecule has 154 valence electrons. The second kappa shape index (κ2) is 6.43. The minimum Gasteiger partial charge on any atom is -0.490 e. The molecule has 1 atom stereocenters. The summed E-state index contributed by atoms with van der Waals surface area (Å²) in [7, 11) is 1.52. The summed E-state index contributed by atoms with van der Waals surface area (Å²) in [4.78, 5) is 11.1. The number of hydrogen-bond donors (Lipinski definition) is 0. The van der Waals surface area contributed by atoms with Gasteiger partial charge >= 0.3 is 6.18 Å². The van der Waals surface area contributed by atoms with Crippen LogP contribution in [0.1, 0.15) is 22.8 Å². The largest absolute Gasteiger partial charge is 0.490 e. The van der Waals surface area contributed by atoms with Crippen molar-refractivity contribution in [2.24, 2.45) is 0 Å². The normalized spacial score (nSPS) is 19.7. The molecule has 0 aliphatic carbocycles. The first-order valence-electron chi connectivity index (χ1n) is 8.96. The van der Waals surface area contributed by atoms with E-state index in [1.54, 1.807) is 29.3 Å². The van der Waals surface area contributed by atoms with E-state index >= 15 is 0 Å². The van der Waals surface area contributed by atoms with E-state index in [9.17, 15) is 13.2 Å². The lowest BCUT2D eigenvalue weighted by Gasteiger charge is -2.24. The summed E-state index contributed by atoms with van der Waals surface area (Å²) in [5.41, 5.74) is 0.485. The van der Waals surface area contributed by atoms with E-state index in [2.05, 4.69) is 9.97 Å². The fourth-order valence-electron chi connectivity index (χ4n) is 3.89. The van der Waals surface area contributed by atoms with Gasteiger partial charge in [0.15, 0.2) is 0 Å². The monoisotopic (exact) mass is 433 g/mol. The van der Waals surface area contributed by atoms with E-state index in [1.807, 2.05) is 6.07 Å². The molecule has 0 N–H and O–H groups in total. The van der Waals surface area contributed by atoms with Crippen LogP contribution in [-0.4, -0.2) is 28.7 Å². The second-order valence-electron chi connectivity index (χ2n) is 6.92. The van der Waals surface area contributed by atoms with Crippen molar-refractivity contribution in [2.45, 2.75) is 18.1 Å². The zero-order valence-electron chi connectivity index (χ0n) is 15.6. The Morgan fingerprint density at radius 2 is 2.07 bits per heavy atom. The first kappa shape index (κ1) is 18.9. The van der Waals surface area contributed by atoms with Crippen LogP contribution in [-0.2, 0) is 18.1 Å². The smallest absolute Gasteiger partial charge is 0.449 e. The van der Waals surface area contributed by atoms with Crippen molar-refractivity contribution in [3.05, 3.63) is 65.4 Å². The van der Waals surface area contributed by atoms with Crippen LogP contribution in [0.15, 0.2) is 47.0 Å². The number of fused-ring (bicyclic) bond motifs is 4. The standard InChI is InChI=1S/C20H14F3N3O3S/c1-27-15-7-5-13-16(25-15)19(10-28-13)12-3-2-8-24-17(12)26(18(19)30)9-11-4-6-14(29-11)20(21,22)23/h2-8H,9-10H2,1H3. The quantitative estimate of drug-likeness (QED) is 0.576. The zero-order valence-corrected chi connectivity index (χ0v) is 16.4. The minimum atomic E-state index is -4.56. The van der Waals surface area contributed by atoms with Crippen LogP contribution < -0.4 is 14.4 Å². The number of furan rings is 1. The SMILES string of the molecule is COc1ccc2c(n1)C1(CO2)C(=S)N(Cc2ccc(C(F)(F)F)o2)c2ncccc21. The number of ether oxygens (including phenoxy) is 2. The van der Waals surface area contributed by atoms with Gasteiger partial charge in [0, 0.05) is 17.8 Å². The molecule has 6 nitrogen and oxygen atoms in total. The molecule has 10 heteroatoms. The van der Waals surface area contributed by atoms with Gasteiger partial charge in [-0.2, -0.15) is 13.2 Å². The number of thiocarbonyl (C=S) groups is 1. The Kier molecular flexibility index (Phi) is 4.04. The number of halogens is 3. The molecule has 3 aromatic heterocycles. The van der Waals surface area contributed by atoms with Crippen LogP contribution in [0.25, 0.3) is 0 Å². The van der Waals surface area contributed by atoms with Crippen LogP contribution in [0.5, 0.6) is 11.6 Å². The third-order valence-corrected chi connectivity index (χ3v) is 5.83. The van der Waals surface area contributed by atoms with Gasteiger partial charge in [-0.1, -0.05) is 18.3 Å². The number of methoxy groups -OCH3 is 1. The van der Waals surface area contributed by atoms with Crippen molar-refractivity contribution in [3.63, 3.8) is 0 Å². The Labute approximate surface area is 174 Å². The summed E-state index contributed by atoms with van der Waals surface area (Å²) in [5.74, 6) is 0.586. The van der Waals surface area contributed by atoms with Gasteiger partial charge in [0.1, 0.15) is 40.0 Å². The van der Waals surface area contributed by atoms with Gasteiger partial charge in [0.25, 0.3) is 0 Å². The Balaban J connectivity index is 1.59. The predicted molar refractivity (Wildman–Crippen MR) is 104 cm³/mol. The van der Waals surface area contributed by atoms with Crippen LogP contribution in [0.3, 0.4) is 0 Å². The molecule has 0 fully saturated rings. The highest BCUT2D eigenvalue weighted by atomic mass is 32.1. The van der Waals surface area contributed by atoms with Crippen molar-refractivity contribution in [1.82, 2.24) is 9.97 Å². The molecule has 1 unspecified atom stereocenters. The Bertz CT molecular complexity index is 1160. The molecule has 0 aromatic carbocycles. The van der Waals surface area contributed by atoms with Crippen LogP contribution >= 0.6 is 12.2 Å². The number of anilines is 1. The fraction of sp³-hybridized carbons (Fsp3) is 0.250. The highest BCUT2D eigenvalue weighted by Gasteiger charge is 2.56. The number of rotatable bonds is 3. The highest BCUT2D eigenvalue weighted by molar-refractivity contribution is 7.80. The highest BCUT2D eigenvalue weighted by Crippen LogP contribution is 2.52. The molecule has 1 spiro atoms. The molecular formula is C20H14F3N3O3S. The van der Waals surface area contributed by atoms with Gasteiger partial charge in [0.05, 0.1) is 13.7 Å². The van der Waals surface area contributed by atoms with Crippen molar-refractivity contribution in [2.75, 3.05) is 18.6 Å². The maximum Gasteiger partial charge on any atom is 0.449 e. The topological polar surface area (TPSA) is 60.6 Å². The first-order chi connectivity index (χ1) is 14.3. The van der Waals surface area contributed by atoms with E-state index in [-0.39, 0.29) is 18.9 Å². The Hall–Kier alpha value is -3.14. The minimum absolute atomic E-state index is 0.0000213. The molecule has 2 aliphatic rings. The molecule has 0 saturated carbocycles. The average molecular weight is 433 g/mol. The Morgan fingerprint density at radius 1 is 1.23 bits per heavy atom. The lowest BCUT2D eigenvalue weighted by Crippen LogP contribution is -2.41. The molecule has 5 heterocycles. The number of hydrogen-bond acceptors (Lipinski definition) is 6. The van der Waals surface area contributed by atoms with Crippen molar-refractivity contribution in [1.29, 1.82) is 0 Å². The molecular weight excluding hydrogens is 419 g/mol. The lowest BCUT2D eigenvalue weighted by atomic mass is 9.81. The summed E-state index contributed by atoms with van der Waals surface area (Å²) >= 11 is 5.81. The summed E-state index contributed by atoms with van der Waals surface area (Å²) in [6, 6.07) is 9.30. The maximum absolute atomic E-state index is 12.9. The van der Waals surface area contributed by atoms with Crippen molar-refractivity contribution in [3.8, 4) is 11.6 Å². The molecule has 5 rings (SSSR count). The molecule has 30 heavy (non-hydrogen) atoms. The van der Waals surface area contributed by atoms with Gasteiger partial charge in [-0.05, 0) is 24.3 Å². The third kappa shape index (κ3) is 2.59. The summed E-state index contributed by atoms with van der Waals surface area (Å²) in [6.07, 6.45) is -2.95. The number of pyridine rings is 2. The van der Waals surface area contributed by atoms with Gasteiger partial charge in [0.2, 0.25) is 11.6 Å². The van der Waals surface area contributed by atoms with Crippen LogP contribution in [0, 0.1) is 0 Å². The van der Waals surface area contributed by atoms with E-state index in [0.29, 0.717) is 28.1 Å². The molecule has 0 radical (unpaired) electrons. The molecule has 0 bridgehead atoms. The third-order valence-electron chi connectivity index (χ3n) is 5.26. The van der Waals surface area contributed by atoms with E-state index < -0.39 is 17.4 Å². The van der Waals surface area contributed by atoms with Gasteiger partial charge in [-0.25, -0.2) is 9.97 Å². The Morgan fingerprint density at radius 3 is 2.80 bits per heavy atom. The number of nitrogens with zero attached hydrogens (tertiary/aromatic N) is 3. The van der Waals surface area contributed by atoms with Gasteiger partial charge in [-0.3, -0.25) is 0 Å². The lowest BCUT2D eigenvalue weighted by molar-refractivity contribution is -0.153. The van der Waals surface area contributed by atoms with Crippen molar-refractivity contribution < 1.29 is 27.1 Å². The summed E-state index contributed by atoms with van der Waals surface area (Å²) < 4.78 is 54.9. The number of aromatic nitrogens is 2. The second-order valence-corrected chi connectivity index (χ2v) is 7.31. The summed E-state index contributed by atoms with van der Waals surface area (Å²) in [5, 5.41) is 0. The first-order valence-corrected chi connectivity index (χ1v) is 9.37. The van der Waals surface area contributed by atoms with Gasteiger partial charge < -0.3 is 18.8 Å². The van der Waals surface area contributed by atoms with E-state index in [0.717, 1.165) is 11.6 Å². The molecule has 0 saturated heterocycles. The average Bonchev–Trinajstić information content (AvgIpc) is 3.41. The fourth-order valence-corrected chi connectivity index (χ4v) is 4.31. The van der Waals surface area contributed by atoms with Crippen LogP contribution in [0.2, 0.25) is 0 Å². The van der Waals surface area contributed by atoms with Crippen LogP contribution in [0.4, 0.5) is 19.0 Å². The van der Waals surface area contributed by atoms with E-state index in [1.165, 1.54) is 13.2 Å². The molecule has 0 amide bonds. The van der Waals surface area contributed by atoms with E-state index in [4.69, 9.17) is 26.1 Å². The molecule has 2 aliphatic heterocycles. The van der Waals surface area contributed by atoms with Gasteiger partial charge in [-0.15, -0.1) is 0 Å². The maximum atomic E-state index is 12.9. The summed E-state index contributed by atoms with van der Waals surface area (Å²) in [6.45, 7) is 0.211. The predicted octanol–water partition coefficient (Wildman–Crippen LogP) is 4.12. The zero-order chi connectivity index (χ0) is 21.1. The number of alkyl halides is 3.